The molecule has 194 valence electrons. The highest BCUT2D eigenvalue weighted by Gasteiger charge is 2.14. The van der Waals surface area contributed by atoms with Crippen molar-refractivity contribution in [3.8, 4) is 0 Å². The fraction of sp³-hybridized carbons (Fsp3) is 0.357. The lowest BCUT2D eigenvalue weighted by Crippen LogP contribution is -2.32. The maximum absolute atomic E-state index is 10.5. The van der Waals surface area contributed by atoms with Gasteiger partial charge in [-0.2, -0.15) is 0 Å². The Morgan fingerprint density at radius 2 is 1.19 bits per heavy atom. The monoisotopic (exact) mass is 549 g/mol. The molecule has 5 nitrogen and oxygen atoms in total. The quantitative estimate of drug-likeness (QED) is 0.186. The van der Waals surface area contributed by atoms with E-state index >= 15 is 0 Å². The lowest BCUT2D eigenvalue weighted by molar-refractivity contribution is 0.170. The number of hydrogen-bond donors (Lipinski definition) is 5. The summed E-state index contributed by atoms with van der Waals surface area (Å²) in [5.74, 6) is 0. The van der Waals surface area contributed by atoms with Gasteiger partial charge in [0.15, 0.2) is 0 Å². The van der Waals surface area contributed by atoms with E-state index in [1.165, 1.54) is 11.1 Å². The van der Waals surface area contributed by atoms with E-state index in [0.29, 0.717) is 39.4 Å². The first-order valence-corrected chi connectivity index (χ1v) is 13.2. The molecule has 0 spiro atoms. The van der Waals surface area contributed by atoms with E-state index < -0.39 is 12.2 Å². The molecule has 0 saturated carbocycles. The van der Waals surface area contributed by atoms with Crippen LogP contribution in [-0.4, -0.2) is 35.4 Å². The van der Waals surface area contributed by atoms with E-state index in [9.17, 15) is 10.2 Å². The van der Waals surface area contributed by atoms with Crippen LogP contribution in [0.4, 0.5) is 5.69 Å². The van der Waals surface area contributed by atoms with Gasteiger partial charge in [0.2, 0.25) is 0 Å². The number of nitrogen functional groups attached to an aromatic ring is 1. The Morgan fingerprint density at radius 3 is 1.67 bits per heavy atom. The number of nitrogens with two attached hydrogens (primary N) is 1. The van der Waals surface area contributed by atoms with Crippen LogP contribution in [0.5, 0.6) is 0 Å². The largest absolute Gasteiger partial charge is 0.396 e. The molecule has 0 aliphatic carbocycles. The van der Waals surface area contributed by atoms with Crippen molar-refractivity contribution in [1.29, 1.82) is 0 Å². The molecule has 0 radical (unpaired) electrons. The standard InChI is InChI=1S/C28H34Cl3N3O2/c1-17(33-15-26(35)21-4-3-5-23(29)12-21)10-19-6-8-20(9-7-19)11-18(2)34-16-27(36)22-13-24(30)28(32)25(31)14-22/h3-9,12-14,17-18,26-27,33-36H,10-11,15-16,32H2,1-2H3/t17-,18-,26+,27?/m1/s1. The van der Waals surface area contributed by atoms with Crippen molar-refractivity contribution in [2.24, 2.45) is 0 Å². The van der Waals surface area contributed by atoms with Gasteiger partial charge in [-0.1, -0.05) is 71.2 Å². The summed E-state index contributed by atoms with van der Waals surface area (Å²) in [5.41, 5.74) is 9.97. The van der Waals surface area contributed by atoms with Gasteiger partial charge < -0.3 is 26.6 Å². The first-order valence-electron chi connectivity index (χ1n) is 12.0. The molecule has 3 aromatic carbocycles. The Balaban J connectivity index is 1.42. The van der Waals surface area contributed by atoms with E-state index in [4.69, 9.17) is 40.5 Å². The summed E-state index contributed by atoms with van der Waals surface area (Å²) in [6.45, 7) is 5.03. The molecule has 36 heavy (non-hydrogen) atoms. The summed E-state index contributed by atoms with van der Waals surface area (Å²) >= 11 is 18.2. The van der Waals surface area contributed by atoms with Gasteiger partial charge in [-0.3, -0.25) is 0 Å². The zero-order valence-corrected chi connectivity index (χ0v) is 22.8. The van der Waals surface area contributed by atoms with Crippen LogP contribution in [-0.2, 0) is 12.8 Å². The minimum Gasteiger partial charge on any atom is -0.396 e. The summed E-state index contributed by atoms with van der Waals surface area (Å²) in [4.78, 5) is 0. The molecule has 6 N–H and O–H groups in total. The number of rotatable bonds is 12. The van der Waals surface area contributed by atoms with Crippen molar-refractivity contribution in [2.45, 2.75) is 51.0 Å². The molecular formula is C28H34Cl3N3O2. The second kappa shape index (κ2) is 13.6. The van der Waals surface area contributed by atoms with Crippen LogP contribution in [0, 0.1) is 0 Å². The Morgan fingerprint density at radius 1 is 0.722 bits per heavy atom. The molecule has 0 heterocycles. The van der Waals surface area contributed by atoms with E-state index in [1.807, 2.05) is 12.1 Å². The van der Waals surface area contributed by atoms with Gasteiger partial charge in [0.25, 0.3) is 0 Å². The lowest BCUT2D eigenvalue weighted by Gasteiger charge is -2.19. The van der Waals surface area contributed by atoms with E-state index in [0.717, 1.165) is 18.4 Å². The predicted molar refractivity (Wildman–Crippen MR) is 151 cm³/mol. The zero-order chi connectivity index (χ0) is 26.2. The molecule has 0 bridgehead atoms. The molecule has 3 aromatic rings. The topological polar surface area (TPSA) is 90.5 Å². The molecule has 0 aromatic heterocycles. The van der Waals surface area contributed by atoms with Crippen molar-refractivity contribution in [3.63, 3.8) is 0 Å². The summed E-state index contributed by atoms with van der Waals surface area (Å²) in [6, 6.07) is 19.5. The summed E-state index contributed by atoms with van der Waals surface area (Å²) in [6.07, 6.45) is 0.345. The first-order chi connectivity index (χ1) is 17.1. The van der Waals surface area contributed by atoms with Gasteiger partial charge in [0.1, 0.15) is 0 Å². The van der Waals surface area contributed by atoms with Gasteiger partial charge in [-0.25, -0.2) is 0 Å². The Labute approximate surface area is 228 Å². The Hall–Kier alpha value is -1.83. The highest BCUT2D eigenvalue weighted by molar-refractivity contribution is 6.38. The zero-order valence-electron chi connectivity index (χ0n) is 20.5. The van der Waals surface area contributed by atoms with Gasteiger partial charge in [0, 0.05) is 30.2 Å². The second-order valence-electron chi connectivity index (χ2n) is 9.33. The van der Waals surface area contributed by atoms with Gasteiger partial charge in [0.05, 0.1) is 27.9 Å². The van der Waals surface area contributed by atoms with Crippen molar-refractivity contribution in [2.75, 3.05) is 18.8 Å². The molecule has 0 amide bonds. The van der Waals surface area contributed by atoms with Crippen molar-refractivity contribution in [1.82, 2.24) is 10.6 Å². The highest BCUT2D eigenvalue weighted by atomic mass is 35.5. The predicted octanol–water partition coefficient (Wildman–Crippen LogP) is 5.74. The van der Waals surface area contributed by atoms with Gasteiger partial charge in [-0.05, 0) is 73.2 Å². The SMILES string of the molecule is C[C@H](Cc1ccc(C[C@@H](C)NC[C@H](O)c2cccc(Cl)c2)cc1)NCC(O)c1cc(Cl)c(N)c(Cl)c1. The minimum atomic E-state index is -0.739. The Kier molecular flexibility index (Phi) is 10.9. The summed E-state index contributed by atoms with van der Waals surface area (Å²) < 4.78 is 0. The smallest absolute Gasteiger partial charge is 0.0915 e. The van der Waals surface area contributed by atoms with Crippen LogP contribution in [0.15, 0.2) is 60.7 Å². The van der Waals surface area contributed by atoms with Crippen molar-refractivity contribution >= 4 is 40.5 Å². The second-order valence-corrected chi connectivity index (χ2v) is 10.6. The molecular weight excluding hydrogens is 517 g/mol. The number of aliphatic hydroxyl groups excluding tert-OH is 2. The summed E-state index contributed by atoms with van der Waals surface area (Å²) in [7, 11) is 0. The number of anilines is 1. The van der Waals surface area contributed by atoms with Crippen LogP contribution >= 0.6 is 34.8 Å². The normalized spacial score (nSPS) is 14.9. The molecule has 8 heteroatoms. The van der Waals surface area contributed by atoms with E-state index in [2.05, 4.69) is 48.7 Å². The third-order valence-electron chi connectivity index (χ3n) is 6.15. The maximum atomic E-state index is 10.5. The molecule has 0 fully saturated rings. The van der Waals surface area contributed by atoms with E-state index in [-0.39, 0.29) is 12.1 Å². The van der Waals surface area contributed by atoms with Crippen molar-refractivity contribution in [3.05, 3.63) is 98.0 Å². The molecule has 4 atom stereocenters. The number of halogens is 3. The average Bonchev–Trinajstić information content (AvgIpc) is 2.85. The number of nitrogens with one attached hydrogen (secondary N) is 2. The number of hydrogen-bond acceptors (Lipinski definition) is 5. The number of benzene rings is 3. The molecule has 0 saturated heterocycles. The third-order valence-corrected chi connectivity index (χ3v) is 7.01. The van der Waals surface area contributed by atoms with Crippen molar-refractivity contribution < 1.29 is 10.2 Å². The van der Waals surface area contributed by atoms with Crippen LogP contribution in [0.3, 0.4) is 0 Å². The fourth-order valence-corrected chi connectivity index (χ4v) is 4.74. The van der Waals surface area contributed by atoms with Crippen LogP contribution in [0.1, 0.15) is 48.3 Å². The first kappa shape index (κ1) is 28.7. The van der Waals surface area contributed by atoms with Crippen LogP contribution in [0.2, 0.25) is 15.1 Å². The average molecular weight is 551 g/mol. The summed E-state index contributed by atoms with van der Waals surface area (Å²) in [5, 5.41) is 29.0. The van der Waals surface area contributed by atoms with Crippen LogP contribution < -0.4 is 16.4 Å². The van der Waals surface area contributed by atoms with Crippen LogP contribution in [0.25, 0.3) is 0 Å². The van der Waals surface area contributed by atoms with E-state index in [1.54, 1.807) is 24.3 Å². The molecule has 0 aliphatic heterocycles. The lowest BCUT2D eigenvalue weighted by atomic mass is 10.0. The minimum absolute atomic E-state index is 0.166. The fourth-order valence-electron chi connectivity index (χ4n) is 4.03. The maximum Gasteiger partial charge on any atom is 0.0915 e. The molecule has 3 rings (SSSR count). The van der Waals surface area contributed by atoms with Gasteiger partial charge >= 0.3 is 0 Å². The number of aliphatic hydroxyl groups is 2. The molecule has 1 unspecified atom stereocenters. The third kappa shape index (κ3) is 8.63. The van der Waals surface area contributed by atoms with Gasteiger partial charge in [-0.15, -0.1) is 0 Å². The Bertz CT molecular complexity index is 1100. The molecule has 0 aliphatic rings. The highest BCUT2D eigenvalue weighted by Crippen LogP contribution is 2.31.